The minimum Gasteiger partial charge on any atom is -0.451 e. The molecule has 20 heavy (non-hydrogen) atoms. The minimum absolute atomic E-state index is 0.394. The van der Waals surface area contributed by atoms with Gasteiger partial charge < -0.3 is 13.9 Å². The maximum Gasteiger partial charge on any atom is 0.419 e. The highest BCUT2D eigenvalue weighted by molar-refractivity contribution is 9.10. The van der Waals surface area contributed by atoms with Crippen LogP contribution in [-0.2, 0) is 6.54 Å². The number of aliphatic hydroxyl groups is 1. The Kier molecular flexibility index (Phi) is 3.27. The Labute approximate surface area is 122 Å². The number of aliphatic hydroxyl groups excluding tert-OH is 1. The molecule has 0 aliphatic rings. The Balaban J connectivity index is 2.07. The lowest BCUT2D eigenvalue weighted by Gasteiger charge is -2.07. The zero-order valence-electron chi connectivity index (χ0n) is 10.7. The molecule has 1 atom stereocenters. The Hall–Kier alpha value is -1.79. The van der Waals surface area contributed by atoms with E-state index in [-0.39, 0.29) is 0 Å². The first-order valence-corrected chi connectivity index (χ1v) is 6.96. The highest BCUT2D eigenvalue weighted by Gasteiger charge is 2.17. The summed E-state index contributed by atoms with van der Waals surface area (Å²) in [6, 6.07) is 8.58. The van der Waals surface area contributed by atoms with Gasteiger partial charge >= 0.3 is 5.76 Å². The highest BCUT2D eigenvalue weighted by Crippen LogP contribution is 2.28. The van der Waals surface area contributed by atoms with Crippen molar-refractivity contribution in [1.82, 2.24) is 4.57 Å². The summed E-state index contributed by atoms with van der Waals surface area (Å²) in [7, 11) is 0. The quantitative estimate of drug-likeness (QED) is 0.797. The van der Waals surface area contributed by atoms with E-state index < -0.39 is 11.9 Å². The smallest absolute Gasteiger partial charge is 0.419 e. The van der Waals surface area contributed by atoms with Crippen molar-refractivity contribution in [2.24, 2.45) is 0 Å². The summed E-state index contributed by atoms with van der Waals surface area (Å²) >= 11 is 3.19. The number of benzene rings is 1. The molecule has 0 bridgehead atoms. The molecular weight excluding hydrogens is 326 g/mol. The molecule has 0 fully saturated rings. The highest BCUT2D eigenvalue weighted by atomic mass is 79.9. The fraction of sp³-hybridized carbons (Fsp3) is 0.214. The van der Waals surface area contributed by atoms with E-state index >= 15 is 0 Å². The van der Waals surface area contributed by atoms with Crippen molar-refractivity contribution < 1.29 is 13.9 Å². The van der Waals surface area contributed by atoms with Crippen LogP contribution in [0.15, 0.2) is 48.6 Å². The van der Waals surface area contributed by atoms with Gasteiger partial charge in [-0.15, -0.1) is 0 Å². The molecule has 2 heterocycles. The number of hydrogen-bond donors (Lipinski definition) is 1. The molecule has 3 rings (SSSR count). The molecule has 104 valence electrons. The van der Waals surface area contributed by atoms with E-state index in [0.29, 0.717) is 33.6 Å². The molecule has 0 amide bonds. The molecule has 1 N–H and O–H groups in total. The first-order valence-electron chi connectivity index (χ1n) is 6.16. The van der Waals surface area contributed by atoms with Crippen molar-refractivity contribution in [3.05, 3.63) is 56.9 Å². The SMILES string of the molecule is CCn1c(=O)oc2cc(C(O)c3ccc(Br)o3)ccc21. The van der Waals surface area contributed by atoms with Gasteiger partial charge in [0.2, 0.25) is 0 Å². The molecule has 6 heteroatoms. The molecule has 0 saturated heterocycles. The van der Waals surface area contributed by atoms with Crippen LogP contribution in [-0.4, -0.2) is 9.67 Å². The number of nitrogens with zero attached hydrogens (tertiary/aromatic N) is 1. The molecule has 3 aromatic rings. The van der Waals surface area contributed by atoms with Gasteiger partial charge in [0, 0.05) is 6.54 Å². The van der Waals surface area contributed by atoms with Crippen molar-refractivity contribution in [2.45, 2.75) is 19.6 Å². The maximum absolute atomic E-state index is 11.6. The topological polar surface area (TPSA) is 68.5 Å². The average Bonchev–Trinajstić information content (AvgIpc) is 2.99. The summed E-state index contributed by atoms with van der Waals surface area (Å²) in [6.45, 7) is 2.42. The van der Waals surface area contributed by atoms with Crippen LogP contribution < -0.4 is 5.76 Å². The normalized spacial score (nSPS) is 12.9. The van der Waals surface area contributed by atoms with Crippen LogP contribution >= 0.6 is 15.9 Å². The number of furan rings is 1. The van der Waals surface area contributed by atoms with Crippen LogP contribution in [0.3, 0.4) is 0 Å². The van der Waals surface area contributed by atoms with Crippen LogP contribution in [0.2, 0.25) is 0 Å². The Bertz CT molecular complexity index is 814. The van der Waals surface area contributed by atoms with Crippen molar-refractivity contribution in [1.29, 1.82) is 0 Å². The first-order chi connectivity index (χ1) is 9.60. The first kappa shape index (κ1) is 13.2. The van der Waals surface area contributed by atoms with Gasteiger partial charge in [0.05, 0.1) is 5.52 Å². The molecule has 5 nitrogen and oxygen atoms in total. The molecule has 0 aliphatic heterocycles. The van der Waals surface area contributed by atoms with E-state index in [1.807, 2.05) is 6.92 Å². The average molecular weight is 338 g/mol. The monoisotopic (exact) mass is 337 g/mol. The lowest BCUT2D eigenvalue weighted by atomic mass is 10.1. The van der Waals surface area contributed by atoms with E-state index in [0.717, 1.165) is 0 Å². The Morgan fingerprint density at radius 2 is 2.10 bits per heavy atom. The lowest BCUT2D eigenvalue weighted by Crippen LogP contribution is -2.11. The molecule has 0 spiro atoms. The van der Waals surface area contributed by atoms with Crippen molar-refractivity contribution >= 4 is 27.0 Å². The molecule has 1 aromatic carbocycles. The molecule has 1 unspecified atom stereocenters. The maximum atomic E-state index is 11.6. The van der Waals surface area contributed by atoms with Gasteiger partial charge in [-0.25, -0.2) is 4.79 Å². The molecule has 0 saturated carbocycles. The van der Waals surface area contributed by atoms with Crippen LogP contribution in [0.4, 0.5) is 0 Å². The number of aromatic nitrogens is 1. The third kappa shape index (κ3) is 2.10. The molecule has 0 radical (unpaired) electrons. The number of halogens is 1. The fourth-order valence-corrected chi connectivity index (χ4v) is 2.51. The summed E-state index contributed by atoms with van der Waals surface area (Å²) in [5.74, 6) is 0.0309. The third-order valence-corrected chi connectivity index (χ3v) is 3.61. The number of oxazole rings is 1. The van der Waals surface area contributed by atoms with Crippen LogP contribution in [0.1, 0.15) is 24.4 Å². The van der Waals surface area contributed by atoms with Gasteiger partial charge in [0.1, 0.15) is 11.9 Å². The summed E-state index contributed by atoms with van der Waals surface area (Å²) in [4.78, 5) is 11.6. The van der Waals surface area contributed by atoms with Gasteiger partial charge in [0.25, 0.3) is 0 Å². The van der Waals surface area contributed by atoms with Gasteiger partial charge in [0.15, 0.2) is 10.3 Å². The Morgan fingerprint density at radius 3 is 2.75 bits per heavy atom. The summed E-state index contributed by atoms with van der Waals surface area (Å²) < 4.78 is 12.6. The van der Waals surface area contributed by atoms with Gasteiger partial charge in [-0.3, -0.25) is 4.57 Å². The largest absolute Gasteiger partial charge is 0.451 e. The van der Waals surface area contributed by atoms with E-state index in [1.54, 1.807) is 30.3 Å². The number of rotatable bonds is 3. The summed E-state index contributed by atoms with van der Waals surface area (Å²) in [6.07, 6.45) is -0.902. The summed E-state index contributed by atoms with van der Waals surface area (Å²) in [5.41, 5.74) is 1.78. The second-order valence-electron chi connectivity index (χ2n) is 4.38. The predicted molar refractivity (Wildman–Crippen MR) is 76.6 cm³/mol. The fourth-order valence-electron chi connectivity index (χ4n) is 2.19. The van der Waals surface area contributed by atoms with Gasteiger partial charge in [-0.05, 0) is 52.7 Å². The lowest BCUT2D eigenvalue weighted by molar-refractivity contribution is 0.187. The molecule has 2 aromatic heterocycles. The summed E-state index contributed by atoms with van der Waals surface area (Å²) in [5, 5.41) is 10.3. The second-order valence-corrected chi connectivity index (χ2v) is 5.17. The van der Waals surface area contributed by atoms with Crippen LogP contribution in [0, 0.1) is 0 Å². The Morgan fingerprint density at radius 1 is 1.30 bits per heavy atom. The van der Waals surface area contributed by atoms with Gasteiger partial charge in [-0.1, -0.05) is 6.07 Å². The van der Waals surface area contributed by atoms with E-state index in [9.17, 15) is 9.90 Å². The predicted octanol–water partition coefficient (Wildman–Crippen LogP) is 3.05. The number of aryl methyl sites for hydroxylation is 1. The second kappa shape index (κ2) is 4.96. The van der Waals surface area contributed by atoms with Gasteiger partial charge in [-0.2, -0.15) is 0 Å². The van der Waals surface area contributed by atoms with Crippen molar-refractivity contribution in [2.75, 3.05) is 0 Å². The number of hydrogen-bond acceptors (Lipinski definition) is 4. The van der Waals surface area contributed by atoms with Crippen LogP contribution in [0.5, 0.6) is 0 Å². The molecular formula is C14H12BrNO4. The van der Waals surface area contributed by atoms with Crippen molar-refractivity contribution in [3.63, 3.8) is 0 Å². The van der Waals surface area contributed by atoms with Crippen molar-refractivity contribution in [3.8, 4) is 0 Å². The number of fused-ring (bicyclic) bond motifs is 1. The third-order valence-electron chi connectivity index (χ3n) is 3.19. The zero-order valence-corrected chi connectivity index (χ0v) is 12.3. The zero-order chi connectivity index (χ0) is 14.3. The van der Waals surface area contributed by atoms with Crippen LogP contribution in [0.25, 0.3) is 11.1 Å². The minimum atomic E-state index is -0.902. The molecule has 0 aliphatic carbocycles. The van der Waals surface area contributed by atoms with E-state index in [4.69, 9.17) is 8.83 Å². The standard InChI is InChI=1S/C14H12BrNO4/c1-2-16-9-4-3-8(7-11(9)20-14(16)18)13(17)10-5-6-12(15)19-10/h3-7,13,17H,2H2,1H3. The van der Waals surface area contributed by atoms with E-state index in [2.05, 4.69) is 15.9 Å². The van der Waals surface area contributed by atoms with E-state index in [1.165, 1.54) is 4.57 Å².